The van der Waals surface area contributed by atoms with Gasteiger partial charge in [-0.1, -0.05) is 48.2 Å². The second-order valence-corrected chi connectivity index (χ2v) is 8.82. The summed E-state index contributed by atoms with van der Waals surface area (Å²) in [6.07, 6.45) is 2.54. The molecule has 7 heteroatoms. The molecule has 0 spiro atoms. The van der Waals surface area contributed by atoms with Gasteiger partial charge in [-0.3, -0.25) is 4.79 Å². The van der Waals surface area contributed by atoms with Crippen molar-refractivity contribution in [3.8, 4) is 0 Å². The Kier molecular flexibility index (Phi) is 5.51. The zero-order chi connectivity index (χ0) is 21.2. The minimum atomic E-state index is -0.230. The quantitative estimate of drug-likeness (QED) is 0.475. The standard InChI is InChI=1S/C24H24N4O2S/c1-2-30-20(29)14-28-13-17-12-16-8-6-7-11-19(16)27-22(17)21-23(28)25-15-26-24(21)31-18-9-4-3-5-10-18/h3-11,15,17,22,27H,2,12-14H2,1H3/t17-,22-/m1/s1. The molecule has 0 aliphatic carbocycles. The van der Waals surface area contributed by atoms with Crippen molar-refractivity contribution in [1.82, 2.24) is 9.97 Å². The number of nitrogens with zero attached hydrogens (tertiary/aromatic N) is 3. The van der Waals surface area contributed by atoms with Crippen LogP contribution in [0.3, 0.4) is 0 Å². The molecule has 3 aromatic rings. The van der Waals surface area contributed by atoms with Crippen LogP contribution in [0, 0.1) is 5.92 Å². The first-order valence-corrected chi connectivity index (χ1v) is 11.4. The monoisotopic (exact) mass is 432 g/mol. The number of carbonyl (C=O) groups is 1. The molecule has 158 valence electrons. The fraction of sp³-hybridized carbons (Fsp3) is 0.292. The Balaban J connectivity index is 1.56. The molecule has 1 aromatic heterocycles. The molecule has 2 aliphatic rings. The van der Waals surface area contributed by atoms with E-state index >= 15 is 0 Å². The van der Waals surface area contributed by atoms with Gasteiger partial charge in [-0.25, -0.2) is 9.97 Å². The lowest BCUT2D eigenvalue weighted by Gasteiger charge is -2.43. The number of aromatic nitrogens is 2. The van der Waals surface area contributed by atoms with Crippen molar-refractivity contribution in [1.29, 1.82) is 0 Å². The molecule has 0 saturated heterocycles. The molecule has 0 fully saturated rings. The number of rotatable bonds is 5. The minimum absolute atomic E-state index is 0.0933. The molecular weight excluding hydrogens is 408 g/mol. The Hall–Kier alpha value is -3.06. The molecule has 0 bridgehead atoms. The van der Waals surface area contributed by atoms with Crippen LogP contribution in [-0.4, -0.2) is 35.6 Å². The summed E-state index contributed by atoms with van der Waals surface area (Å²) in [6, 6.07) is 18.8. The van der Waals surface area contributed by atoms with Crippen molar-refractivity contribution in [3.63, 3.8) is 0 Å². The highest BCUT2D eigenvalue weighted by Gasteiger charge is 2.40. The summed E-state index contributed by atoms with van der Waals surface area (Å²) >= 11 is 1.64. The summed E-state index contributed by atoms with van der Waals surface area (Å²) in [5.74, 6) is 0.888. The van der Waals surface area contributed by atoms with Gasteiger partial charge in [-0.15, -0.1) is 0 Å². The lowest BCUT2D eigenvalue weighted by Crippen LogP contribution is -2.46. The third-order valence-electron chi connectivity index (χ3n) is 5.76. The van der Waals surface area contributed by atoms with Crippen molar-refractivity contribution < 1.29 is 9.53 Å². The fourth-order valence-electron chi connectivity index (χ4n) is 4.45. The normalized spacial score (nSPS) is 18.9. The zero-order valence-electron chi connectivity index (χ0n) is 17.3. The summed E-state index contributed by atoms with van der Waals surface area (Å²) < 4.78 is 5.23. The first-order chi connectivity index (χ1) is 15.2. The second-order valence-electron chi connectivity index (χ2n) is 7.76. The molecule has 1 N–H and O–H groups in total. The first kappa shape index (κ1) is 19.9. The highest BCUT2D eigenvalue weighted by atomic mass is 32.2. The predicted molar refractivity (Wildman–Crippen MR) is 121 cm³/mol. The number of hydrogen-bond acceptors (Lipinski definition) is 7. The third-order valence-corrected chi connectivity index (χ3v) is 6.78. The van der Waals surface area contributed by atoms with Crippen LogP contribution in [0.4, 0.5) is 11.5 Å². The third kappa shape index (κ3) is 3.97. The predicted octanol–water partition coefficient (Wildman–Crippen LogP) is 4.34. The van der Waals surface area contributed by atoms with E-state index in [4.69, 9.17) is 4.74 Å². The molecule has 31 heavy (non-hydrogen) atoms. The Morgan fingerprint density at radius 3 is 2.81 bits per heavy atom. The molecule has 3 heterocycles. The number of benzene rings is 2. The maximum absolute atomic E-state index is 12.3. The van der Waals surface area contributed by atoms with E-state index in [1.165, 1.54) is 5.56 Å². The summed E-state index contributed by atoms with van der Waals surface area (Å²) in [5, 5.41) is 4.67. The van der Waals surface area contributed by atoms with Gasteiger partial charge in [0.2, 0.25) is 0 Å². The molecular formula is C24H24N4O2S. The van der Waals surface area contributed by atoms with Crippen LogP contribution in [0.5, 0.6) is 0 Å². The Bertz CT molecular complexity index is 1090. The Morgan fingerprint density at radius 1 is 1.16 bits per heavy atom. The number of para-hydroxylation sites is 1. The largest absolute Gasteiger partial charge is 0.465 e. The maximum atomic E-state index is 12.3. The van der Waals surface area contributed by atoms with E-state index < -0.39 is 0 Å². The smallest absolute Gasteiger partial charge is 0.325 e. The summed E-state index contributed by atoms with van der Waals surface area (Å²) in [7, 11) is 0. The van der Waals surface area contributed by atoms with Gasteiger partial charge in [0.15, 0.2) is 0 Å². The lowest BCUT2D eigenvalue weighted by atomic mass is 9.81. The molecule has 0 saturated carbocycles. The maximum Gasteiger partial charge on any atom is 0.325 e. The number of esters is 1. The van der Waals surface area contributed by atoms with E-state index in [9.17, 15) is 4.79 Å². The second kappa shape index (κ2) is 8.59. The van der Waals surface area contributed by atoms with Gasteiger partial charge in [0, 0.05) is 28.6 Å². The zero-order valence-corrected chi connectivity index (χ0v) is 18.1. The number of nitrogens with one attached hydrogen (secondary N) is 1. The topological polar surface area (TPSA) is 67.3 Å². The van der Waals surface area contributed by atoms with E-state index in [0.717, 1.165) is 40.0 Å². The molecule has 2 aromatic carbocycles. The number of hydrogen-bond donors (Lipinski definition) is 1. The highest BCUT2D eigenvalue weighted by molar-refractivity contribution is 7.99. The van der Waals surface area contributed by atoms with E-state index in [0.29, 0.717) is 12.5 Å². The van der Waals surface area contributed by atoms with Crippen molar-refractivity contribution in [2.24, 2.45) is 5.92 Å². The fourth-order valence-corrected chi connectivity index (χ4v) is 5.39. The number of carbonyl (C=O) groups excluding carboxylic acids is 1. The van der Waals surface area contributed by atoms with Crippen molar-refractivity contribution in [2.75, 3.05) is 29.9 Å². The number of fused-ring (bicyclic) bond motifs is 4. The van der Waals surface area contributed by atoms with Gasteiger partial charge in [0.05, 0.1) is 12.6 Å². The average Bonchev–Trinajstić information content (AvgIpc) is 2.79. The van der Waals surface area contributed by atoms with Crippen LogP contribution in [0.25, 0.3) is 0 Å². The molecule has 2 aliphatic heterocycles. The molecule has 5 rings (SSSR count). The van der Waals surface area contributed by atoms with Crippen LogP contribution < -0.4 is 10.2 Å². The Labute approximate surface area is 186 Å². The van der Waals surface area contributed by atoms with Crippen LogP contribution >= 0.6 is 11.8 Å². The molecule has 0 amide bonds. The summed E-state index contributed by atoms with van der Waals surface area (Å²) in [5.41, 5.74) is 3.52. The van der Waals surface area contributed by atoms with Crippen molar-refractivity contribution >= 4 is 29.2 Å². The van der Waals surface area contributed by atoms with Gasteiger partial charge in [-0.2, -0.15) is 0 Å². The molecule has 0 unspecified atom stereocenters. The number of anilines is 2. The van der Waals surface area contributed by atoms with Gasteiger partial charge in [0.1, 0.15) is 23.7 Å². The van der Waals surface area contributed by atoms with Crippen LogP contribution in [0.2, 0.25) is 0 Å². The molecule has 0 radical (unpaired) electrons. The molecule has 6 nitrogen and oxygen atoms in total. The van der Waals surface area contributed by atoms with Gasteiger partial charge < -0.3 is 15.0 Å². The Morgan fingerprint density at radius 2 is 1.97 bits per heavy atom. The highest BCUT2D eigenvalue weighted by Crippen LogP contribution is 2.47. The molecule has 2 atom stereocenters. The van der Waals surface area contributed by atoms with Crippen molar-refractivity contribution in [3.05, 3.63) is 72.1 Å². The SMILES string of the molecule is CCOC(=O)CN1C[C@H]2Cc3ccccc3N[C@H]2c2c(Sc3ccccc3)ncnc21. The van der Waals surface area contributed by atoms with E-state index in [-0.39, 0.29) is 18.6 Å². The summed E-state index contributed by atoms with van der Waals surface area (Å²) in [4.78, 5) is 24.8. The van der Waals surface area contributed by atoms with Gasteiger partial charge in [-0.05, 0) is 37.1 Å². The van der Waals surface area contributed by atoms with E-state index in [2.05, 4.69) is 56.6 Å². The number of ether oxygens (including phenoxy) is 1. The van der Waals surface area contributed by atoms with Crippen LogP contribution in [-0.2, 0) is 16.0 Å². The van der Waals surface area contributed by atoms with E-state index in [1.54, 1.807) is 18.1 Å². The van der Waals surface area contributed by atoms with E-state index in [1.807, 2.05) is 25.1 Å². The van der Waals surface area contributed by atoms with Crippen molar-refractivity contribution in [2.45, 2.75) is 29.3 Å². The minimum Gasteiger partial charge on any atom is -0.465 e. The average molecular weight is 433 g/mol. The lowest BCUT2D eigenvalue weighted by molar-refractivity contribution is -0.141. The van der Waals surface area contributed by atoms with Gasteiger partial charge in [0.25, 0.3) is 0 Å². The van der Waals surface area contributed by atoms with Crippen LogP contribution in [0.15, 0.2) is 70.8 Å². The van der Waals surface area contributed by atoms with Gasteiger partial charge >= 0.3 is 5.97 Å². The van der Waals surface area contributed by atoms with Crippen LogP contribution in [0.1, 0.15) is 24.1 Å². The summed E-state index contributed by atoms with van der Waals surface area (Å²) in [6.45, 7) is 3.14. The first-order valence-electron chi connectivity index (χ1n) is 10.6.